The van der Waals surface area contributed by atoms with Crippen molar-refractivity contribution in [1.29, 1.82) is 0 Å². The van der Waals surface area contributed by atoms with Gasteiger partial charge in [-0.25, -0.2) is 9.97 Å². The molecule has 1 aliphatic rings. The first-order valence-corrected chi connectivity index (χ1v) is 7.28. The van der Waals surface area contributed by atoms with E-state index in [1.165, 1.54) is 18.4 Å². The van der Waals surface area contributed by atoms with E-state index >= 15 is 0 Å². The Balaban J connectivity index is 2.04. The minimum atomic E-state index is 0.498. The van der Waals surface area contributed by atoms with Gasteiger partial charge in [-0.15, -0.1) is 0 Å². The normalized spacial score (nSPS) is 14.4. The van der Waals surface area contributed by atoms with Gasteiger partial charge in [-0.2, -0.15) is 0 Å². The summed E-state index contributed by atoms with van der Waals surface area (Å²) in [7, 11) is 2.02. The Kier molecular flexibility index (Phi) is 3.38. The maximum Gasteiger partial charge on any atom is 0.140 e. The fourth-order valence-corrected chi connectivity index (χ4v) is 2.47. The third-order valence-corrected chi connectivity index (χ3v) is 4.10. The van der Waals surface area contributed by atoms with Crippen molar-refractivity contribution in [1.82, 2.24) is 9.97 Å². The summed E-state index contributed by atoms with van der Waals surface area (Å²) in [6.07, 6.45) is 2.35. The molecular formula is C16H18ClN3. The molecule has 3 nitrogen and oxygen atoms in total. The lowest BCUT2D eigenvalue weighted by Crippen LogP contribution is -2.15. The third-order valence-electron chi connectivity index (χ3n) is 3.73. The lowest BCUT2D eigenvalue weighted by molar-refractivity contribution is 0.904. The highest BCUT2D eigenvalue weighted by atomic mass is 35.5. The molecular weight excluding hydrogens is 270 g/mol. The van der Waals surface area contributed by atoms with E-state index in [1.807, 2.05) is 14.0 Å². The van der Waals surface area contributed by atoms with Gasteiger partial charge in [-0.3, -0.25) is 0 Å². The molecule has 0 spiro atoms. The zero-order valence-corrected chi connectivity index (χ0v) is 12.8. The van der Waals surface area contributed by atoms with Crippen LogP contribution in [0, 0.1) is 13.8 Å². The minimum absolute atomic E-state index is 0.498. The van der Waals surface area contributed by atoms with Crippen molar-refractivity contribution in [2.75, 3.05) is 11.9 Å². The molecule has 2 aromatic rings. The van der Waals surface area contributed by atoms with Crippen molar-refractivity contribution in [2.45, 2.75) is 32.6 Å². The molecule has 104 valence electrons. The molecule has 0 saturated heterocycles. The Bertz CT molecular complexity index is 650. The van der Waals surface area contributed by atoms with Crippen molar-refractivity contribution >= 4 is 23.1 Å². The van der Waals surface area contributed by atoms with Gasteiger partial charge in [0.25, 0.3) is 0 Å². The summed E-state index contributed by atoms with van der Waals surface area (Å²) in [5.74, 6) is 2.28. The second-order valence-electron chi connectivity index (χ2n) is 5.49. The summed E-state index contributed by atoms with van der Waals surface area (Å²) >= 11 is 6.28. The van der Waals surface area contributed by atoms with E-state index in [2.05, 4.69) is 41.1 Å². The molecule has 0 radical (unpaired) electrons. The lowest BCUT2D eigenvalue weighted by atomic mass is 10.2. The molecule has 0 unspecified atom stereocenters. The molecule has 0 aliphatic heterocycles. The van der Waals surface area contributed by atoms with Gasteiger partial charge in [0.2, 0.25) is 0 Å². The molecule has 1 aromatic heterocycles. The highest BCUT2D eigenvalue weighted by molar-refractivity contribution is 6.30. The Morgan fingerprint density at radius 3 is 2.60 bits per heavy atom. The number of aromatic nitrogens is 2. The Morgan fingerprint density at radius 1 is 1.20 bits per heavy atom. The average molecular weight is 288 g/mol. The van der Waals surface area contributed by atoms with E-state index in [4.69, 9.17) is 16.6 Å². The number of aryl methyl sites for hydroxylation is 1. The fraction of sp³-hybridized carbons (Fsp3) is 0.375. The smallest absolute Gasteiger partial charge is 0.140 e. The zero-order valence-electron chi connectivity index (χ0n) is 12.0. The van der Waals surface area contributed by atoms with Crippen LogP contribution in [-0.4, -0.2) is 17.0 Å². The van der Waals surface area contributed by atoms with Gasteiger partial charge < -0.3 is 4.90 Å². The largest absolute Gasteiger partial charge is 0.329 e. The summed E-state index contributed by atoms with van der Waals surface area (Å²) < 4.78 is 0. The van der Waals surface area contributed by atoms with E-state index in [0.29, 0.717) is 11.1 Å². The lowest BCUT2D eigenvalue weighted by Gasteiger charge is -2.21. The molecule has 1 saturated carbocycles. The first-order chi connectivity index (χ1) is 9.56. The van der Waals surface area contributed by atoms with Crippen LogP contribution in [0.2, 0.25) is 5.15 Å². The van der Waals surface area contributed by atoms with E-state index in [-0.39, 0.29) is 0 Å². The average Bonchev–Trinajstić information content (AvgIpc) is 3.25. The fourth-order valence-electron chi connectivity index (χ4n) is 2.30. The standard InChI is InChI=1S/C16H18ClN3/c1-10-5-4-6-13(9-10)20(3)16-11(2)14(17)18-15(19-16)12-7-8-12/h4-6,9,12H,7-8H2,1-3H3. The van der Waals surface area contributed by atoms with E-state index in [0.717, 1.165) is 22.9 Å². The van der Waals surface area contributed by atoms with Crippen LogP contribution in [0.5, 0.6) is 0 Å². The van der Waals surface area contributed by atoms with Gasteiger partial charge in [-0.05, 0) is 44.4 Å². The molecule has 1 fully saturated rings. The number of hydrogen-bond donors (Lipinski definition) is 0. The Hall–Kier alpha value is -1.61. The number of rotatable bonds is 3. The molecule has 20 heavy (non-hydrogen) atoms. The number of benzene rings is 1. The van der Waals surface area contributed by atoms with Gasteiger partial charge in [0.1, 0.15) is 16.8 Å². The Labute approximate surface area is 124 Å². The predicted octanol–water partition coefficient (Wildman–Crippen LogP) is 4.39. The van der Waals surface area contributed by atoms with Crippen molar-refractivity contribution in [3.8, 4) is 0 Å². The molecule has 1 heterocycles. The van der Waals surface area contributed by atoms with Crippen LogP contribution < -0.4 is 4.90 Å². The third kappa shape index (κ3) is 2.50. The number of hydrogen-bond acceptors (Lipinski definition) is 3. The van der Waals surface area contributed by atoms with Crippen LogP contribution in [0.4, 0.5) is 11.5 Å². The monoisotopic (exact) mass is 287 g/mol. The molecule has 1 aliphatic carbocycles. The second-order valence-corrected chi connectivity index (χ2v) is 5.85. The summed E-state index contributed by atoms with van der Waals surface area (Å²) in [5, 5.41) is 0.566. The first-order valence-electron chi connectivity index (χ1n) is 6.90. The molecule has 0 bridgehead atoms. The Morgan fingerprint density at radius 2 is 1.95 bits per heavy atom. The van der Waals surface area contributed by atoms with Crippen LogP contribution in [0.15, 0.2) is 24.3 Å². The van der Waals surface area contributed by atoms with Crippen molar-refractivity contribution in [3.63, 3.8) is 0 Å². The van der Waals surface area contributed by atoms with Gasteiger partial charge in [0, 0.05) is 24.2 Å². The van der Waals surface area contributed by atoms with Gasteiger partial charge >= 0.3 is 0 Å². The van der Waals surface area contributed by atoms with Gasteiger partial charge in [0.15, 0.2) is 0 Å². The SMILES string of the molecule is Cc1cccc(N(C)c2nc(C3CC3)nc(Cl)c2C)c1. The van der Waals surface area contributed by atoms with Crippen LogP contribution >= 0.6 is 11.6 Å². The van der Waals surface area contributed by atoms with E-state index < -0.39 is 0 Å². The summed E-state index contributed by atoms with van der Waals surface area (Å²) in [6, 6.07) is 8.37. The minimum Gasteiger partial charge on any atom is -0.329 e. The van der Waals surface area contributed by atoms with Crippen LogP contribution in [-0.2, 0) is 0 Å². The number of halogens is 1. The number of anilines is 2. The van der Waals surface area contributed by atoms with Crippen molar-refractivity contribution < 1.29 is 0 Å². The highest BCUT2D eigenvalue weighted by Gasteiger charge is 2.28. The topological polar surface area (TPSA) is 29.0 Å². The number of nitrogens with zero attached hydrogens (tertiary/aromatic N) is 3. The summed E-state index contributed by atoms with van der Waals surface area (Å²) in [5.41, 5.74) is 3.28. The quantitative estimate of drug-likeness (QED) is 0.784. The molecule has 1 aromatic carbocycles. The van der Waals surface area contributed by atoms with Crippen molar-refractivity contribution in [2.24, 2.45) is 0 Å². The predicted molar refractivity (Wildman–Crippen MR) is 83.0 cm³/mol. The van der Waals surface area contributed by atoms with Crippen LogP contribution in [0.3, 0.4) is 0 Å². The highest BCUT2D eigenvalue weighted by Crippen LogP contribution is 2.40. The molecule has 0 atom stereocenters. The maximum absolute atomic E-state index is 6.28. The van der Waals surface area contributed by atoms with Crippen LogP contribution in [0.1, 0.15) is 35.7 Å². The summed E-state index contributed by atoms with van der Waals surface area (Å²) in [6.45, 7) is 4.06. The molecule has 3 rings (SSSR count). The zero-order chi connectivity index (χ0) is 14.3. The summed E-state index contributed by atoms with van der Waals surface area (Å²) in [4.78, 5) is 11.2. The second kappa shape index (κ2) is 5.06. The maximum atomic E-state index is 6.28. The van der Waals surface area contributed by atoms with Crippen molar-refractivity contribution in [3.05, 3.63) is 46.4 Å². The van der Waals surface area contributed by atoms with E-state index in [9.17, 15) is 0 Å². The molecule has 4 heteroatoms. The van der Waals surface area contributed by atoms with Gasteiger partial charge in [0.05, 0.1) is 0 Å². The molecule has 0 N–H and O–H groups in total. The molecule has 0 amide bonds. The first kappa shape index (κ1) is 13.4. The van der Waals surface area contributed by atoms with Gasteiger partial charge in [-0.1, -0.05) is 23.7 Å². The van der Waals surface area contributed by atoms with E-state index in [1.54, 1.807) is 0 Å². The van der Waals surface area contributed by atoms with Crippen LogP contribution in [0.25, 0.3) is 0 Å².